The predicted octanol–water partition coefficient (Wildman–Crippen LogP) is 19.7. The summed E-state index contributed by atoms with van der Waals surface area (Å²) in [4.78, 5) is 72.5. The number of rotatable bonds is 69. The minimum atomic E-state index is -4.95. The molecule has 19 heteroatoms. The van der Waals surface area contributed by atoms with Crippen LogP contribution in [-0.4, -0.2) is 96.7 Å². The van der Waals surface area contributed by atoms with E-state index in [0.717, 1.165) is 95.8 Å². The summed E-state index contributed by atoms with van der Waals surface area (Å²) in [7, 11) is -9.89. The topological polar surface area (TPSA) is 237 Å². The molecule has 0 saturated heterocycles. The number of carbonyl (C=O) groups is 4. The van der Waals surface area contributed by atoms with Gasteiger partial charge < -0.3 is 33.8 Å². The minimum Gasteiger partial charge on any atom is -0.462 e. The van der Waals surface area contributed by atoms with Gasteiger partial charge >= 0.3 is 39.5 Å². The molecule has 5 atom stereocenters. The van der Waals surface area contributed by atoms with Crippen molar-refractivity contribution >= 4 is 39.5 Å². The zero-order chi connectivity index (χ0) is 64.9. The Kier molecular flexibility index (Phi) is 61.1. The third-order valence-corrected chi connectivity index (χ3v) is 17.9. The van der Waals surface area contributed by atoms with Gasteiger partial charge in [0, 0.05) is 25.7 Å². The van der Waals surface area contributed by atoms with Gasteiger partial charge in [-0.15, -0.1) is 0 Å². The van der Waals surface area contributed by atoms with Crippen molar-refractivity contribution in [1.29, 1.82) is 0 Å². The number of aliphatic hydroxyl groups is 1. The Morgan fingerprint density at radius 2 is 0.523 bits per heavy atom. The van der Waals surface area contributed by atoms with Gasteiger partial charge in [-0.1, -0.05) is 304 Å². The molecule has 522 valence electrons. The van der Waals surface area contributed by atoms with E-state index in [1.54, 1.807) is 0 Å². The minimum absolute atomic E-state index is 0.107. The Morgan fingerprint density at radius 1 is 0.307 bits per heavy atom. The number of phosphoric acid groups is 2. The fourth-order valence-electron chi connectivity index (χ4n) is 10.5. The lowest BCUT2D eigenvalue weighted by Gasteiger charge is -2.21. The molecule has 0 aromatic heterocycles. The molecule has 0 rings (SSSR count). The Labute approximate surface area is 537 Å². The van der Waals surface area contributed by atoms with Crippen molar-refractivity contribution in [3.8, 4) is 0 Å². The zero-order valence-electron chi connectivity index (χ0n) is 56.9. The van der Waals surface area contributed by atoms with Gasteiger partial charge in [-0.25, -0.2) is 9.13 Å². The number of hydrogen-bond acceptors (Lipinski definition) is 15. The van der Waals surface area contributed by atoms with E-state index in [9.17, 15) is 43.2 Å². The number of hydrogen-bond donors (Lipinski definition) is 3. The lowest BCUT2D eigenvalue weighted by Crippen LogP contribution is -2.30. The molecule has 0 aromatic carbocycles. The summed E-state index contributed by atoms with van der Waals surface area (Å²) in [6.07, 6.45) is 48.4. The maximum atomic E-state index is 13.0. The average molecular weight is 1300 g/mol. The van der Waals surface area contributed by atoms with E-state index >= 15 is 0 Å². The normalized spacial score (nSPS) is 14.1. The molecule has 0 aliphatic carbocycles. The molecule has 2 unspecified atom stereocenters. The maximum Gasteiger partial charge on any atom is 0.472 e. The van der Waals surface area contributed by atoms with Crippen LogP contribution in [0.1, 0.15) is 356 Å². The Bertz CT molecular complexity index is 1700. The molecule has 0 bridgehead atoms. The van der Waals surface area contributed by atoms with Crippen molar-refractivity contribution in [3.05, 3.63) is 0 Å². The van der Waals surface area contributed by atoms with Crippen LogP contribution in [0.2, 0.25) is 0 Å². The van der Waals surface area contributed by atoms with E-state index in [1.165, 1.54) is 180 Å². The van der Waals surface area contributed by atoms with Gasteiger partial charge in [-0.05, 0) is 31.6 Å². The first-order valence-corrected chi connectivity index (χ1v) is 39.1. The number of phosphoric ester groups is 2. The van der Waals surface area contributed by atoms with Gasteiger partial charge in [0.2, 0.25) is 0 Å². The van der Waals surface area contributed by atoms with E-state index in [0.29, 0.717) is 25.7 Å². The highest BCUT2D eigenvalue weighted by molar-refractivity contribution is 7.47. The van der Waals surface area contributed by atoms with E-state index in [1.807, 2.05) is 0 Å². The Morgan fingerprint density at radius 3 is 0.773 bits per heavy atom. The second kappa shape index (κ2) is 62.5. The summed E-state index contributed by atoms with van der Waals surface area (Å²) in [5, 5.41) is 10.6. The number of unbranched alkanes of at least 4 members (excludes halogenated alkanes) is 41. The van der Waals surface area contributed by atoms with Gasteiger partial charge in [0.15, 0.2) is 12.2 Å². The summed E-state index contributed by atoms with van der Waals surface area (Å²) in [6, 6.07) is 0. The molecule has 3 N–H and O–H groups in total. The van der Waals surface area contributed by atoms with Crippen LogP contribution < -0.4 is 0 Å². The van der Waals surface area contributed by atoms with Crippen molar-refractivity contribution < 1.29 is 80.2 Å². The molecule has 0 aliphatic heterocycles. The van der Waals surface area contributed by atoms with Crippen molar-refractivity contribution in [2.24, 2.45) is 5.92 Å². The smallest absolute Gasteiger partial charge is 0.462 e. The summed E-state index contributed by atoms with van der Waals surface area (Å²) >= 11 is 0. The van der Waals surface area contributed by atoms with Gasteiger partial charge in [0.1, 0.15) is 19.3 Å². The van der Waals surface area contributed by atoms with E-state index < -0.39 is 97.5 Å². The maximum absolute atomic E-state index is 13.0. The third kappa shape index (κ3) is 62.8. The first kappa shape index (κ1) is 86.1. The summed E-state index contributed by atoms with van der Waals surface area (Å²) in [6.45, 7) is 7.20. The molecule has 0 amide bonds. The molecule has 88 heavy (non-hydrogen) atoms. The highest BCUT2D eigenvalue weighted by atomic mass is 31.2. The monoisotopic (exact) mass is 1300 g/mol. The van der Waals surface area contributed by atoms with Crippen LogP contribution in [0, 0.1) is 5.92 Å². The lowest BCUT2D eigenvalue weighted by atomic mass is 10.0. The molecule has 0 radical (unpaired) electrons. The molecule has 0 aliphatic rings. The van der Waals surface area contributed by atoms with Crippen LogP contribution in [0.15, 0.2) is 0 Å². The van der Waals surface area contributed by atoms with Gasteiger partial charge in [-0.3, -0.25) is 37.3 Å². The van der Waals surface area contributed by atoms with Gasteiger partial charge in [0.25, 0.3) is 0 Å². The van der Waals surface area contributed by atoms with Crippen molar-refractivity contribution in [1.82, 2.24) is 0 Å². The molecule has 0 aromatic rings. The molecule has 0 saturated carbocycles. The van der Waals surface area contributed by atoms with Crippen LogP contribution in [0.5, 0.6) is 0 Å². The van der Waals surface area contributed by atoms with Crippen LogP contribution in [0.3, 0.4) is 0 Å². The lowest BCUT2D eigenvalue weighted by molar-refractivity contribution is -0.161. The number of carbonyl (C=O) groups excluding carboxylic acids is 4. The number of esters is 4. The van der Waals surface area contributed by atoms with E-state index in [4.69, 9.17) is 37.0 Å². The summed E-state index contributed by atoms with van der Waals surface area (Å²) in [5.41, 5.74) is 0. The molecule has 17 nitrogen and oxygen atoms in total. The molecule has 0 fully saturated rings. The van der Waals surface area contributed by atoms with Crippen LogP contribution >= 0.6 is 15.6 Å². The second-order valence-corrected chi connectivity index (χ2v) is 28.3. The van der Waals surface area contributed by atoms with Gasteiger partial charge in [-0.2, -0.15) is 0 Å². The summed E-state index contributed by atoms with van der Waals surface area (Å²) in [5.74, 6) is -1.40. The van der Waals surface area contributed by atoms with Crippen LogP contribution in [-0.2, 0) is 65.4 Å². The van der Waals surface area contributed by atoms with Gasteiger partial charge in [0.05, 0.1) is 26.4 Å². The van der Waals surface area contributed by atoms with Crippen LogP contribution in [0.4, 0.5) is 0 Å². The van der Waals surface area contributed by atoms with Crippen molar-refractivity contribution in [3.63, 3.8) is 0 Å². The highest BCUT2D eigenvalue weighted by Gasteiger charge is 2.30. The fraction of sp³-hybridized carbons (Fsp3) is 0.942. The first-order chi connectivity index (χ1) is 42.5. The van der Waals surface area contributed by atoms with E-state index in [-0.39, 0.29) is 25.7 Å². The quantitative estimate of drug-likeness (QED) is 0.0222. The van der Waals surface area contributed by atoms with E-state index in [2.05, 4.69) is 34.6 Å². The fourth-order valence-corrected chi connectivity index (χ4v) is 12.0. The zero-order valence-corrected chi connectivity index (χ0v) is 58.6. The SMILES string of the molecule is CCCCCCCCCCCCCCCCCC(=O)O[C@H](COC(=O)CCCCCCCCCCC(C)C)COP(=O)(O)OC[C@@H](O)COP(=O)(O)OC[C@@H](COC(=O)CCCCCCCCCCCCC)OC(=O)CCCCCCCCCCCCC. The number of ether oxygens (including phenoxy) is 4. The average Bonchev–Trinajstić information content (AvgIpc) is 3.66. The highest BCUT2D eigenvalue weighted by Crippen LogP contribution is 2.45. The molecular formula is C69H134O17P2. The second-order valence-electron chi connectivity index (χ2n) is 25.4. The molecule has 0 spiro atoms. The summed E-state index contributed by atoms with van der Waals surface area (Å²) < 4.78 is 68.2. The largest absolute Gasteiger partial charge is 0.472 e. The van der Waals surface area contributed by atoms with Crippen molar-refractivity contribution in [2.75, 3.05) is 39.6 Å². The standard InChI is InChI=1S/C69H134O17P2/c1-6-9-12-15-18-21-24-25-26-27-30-33-40-45-50-55-69(74)86-65(59-80-67(72)53-48-43-38-35-34-36-41-46-51-62(4)5)61-84-88(77,78)82-57-63(70)56-81-87(75,76)83-60-64(85-68(73)54-49-44-39-32-29-23-20-17-14-11-8-3)58-79-66(71)52-47-42-37-31-28-22-19-16-13-10-7-2/h62-65,70H,6-61H2,1-5H3,(H,75,76)(H,77,78)/t63-,64+,65+/m0/s1. The Hall–Kier alpha value is -1.94. The van der Waals surface area contributed by atoms with Crippen LogP contribution in [0.25, 0.3) is 0 Å². The number of aliphatic hydroxyl groups excluding tert-OH is 1. The first-order valence-electron chi connectivity index (χ1n) is 36.1. The molecule has 0 heterocycles. The predicted molar refractivity (Wildman–Crippen MR) is 354 cm³/mol. The Balaban J connectivity index is 5.24. The van der Waals surface area contributed by atoms with Crippen molar-refractivity contribution in [2.45, 2.75) is 374 Å². The third-order valence-electron chi connectivity index (χ3n) is 16.0. The molecular weight excluding hydrogens is 1160 g/mol.